The fourth-order valence-electron chi connectivity index (χ4n) is 3.19. The first-order valence-corrected chi connectivity index (χ1v) is 12.5. The molecule has 0 saturated carbocycles. The van der Waals surface area contributed by atoms with Gasteiger partial charge in [-0.25, -0.2) is 9.97 Å². The van der Waals surface area contributed by atoms with Gasteiger partial charge in [-0.15, -0.1) is 21.5 Å². The van der Waals surface area contributed by atoms with Crippen LogP contribution < -0.4 is 5.32 Å². The second-order valence-electron chi connectivity index (χ2n) is 6.99. The van der Waals surface area contributed by atoms with Crippen molar-refractivity contribution in [1.29, 1.82) is 0 Å². The molecule has 0 bridgehead atoms. The van der Waals surface area contributed by atoms with E-state index in [0.29, 0.717) is 42.9 Å². The zero-order valence-electron chi connectivity index (χ0n) is 16.6. The Morgan fingerprint density at radius 3 is 2.79 bits per heavy atom. The van der Waals surface area contributed by atoms with Crippen molar-refractivity contribution in [3.63, 3.8) is 0 Å². The summed E-state index contributed by atoms with van der Waals surface area (Å²) in [5.74, 6) is -0.0947. The van der Waals surface area contributed by atoms with E-state index in [0.717, 1.165) is 21.3 Å². The lowest BCUT2D eigenvalue weighted by atomic mass is 10.1. The van der Waals surface area contributed by atoms with Crippen LogP contribution in [0.2, 0.25) is 15.1 Å². The number of halogens is 3. The summed E-state index contributed by atoms with van der Waals surface area (Å²) in [6, 6.07) is 10.8. The van der Waals surface area contributed by atoms with Gasteiger partial charge in [0.2, 0.25) is 11.1 Å². The van der Waals surface area contributed by atoms with Crippen LogP contribution in [-0.2, 0) is 11.2 Å². The van der Waals surface area contributed by atoms with Crippen molar-refractivity contribution >= 4 is 91.0 Å². The van der Waals surface area contributed by atoms with E-state index in [4.69, 9.17) is 34.8 Å². The van der Waals surface area contributed by atoms with Crippen LogP contribution in [0.3, 0.4) is 0 Å². The second-order valence-corrected chi connectivity index (χ2v) is 10.3. The number of hydrogen-bond acceptors (Lipinski definition) is 7. The molecule has 0 radical (unpaired) electrons. The molecule has 1 amide bonds. The zero-order valence-corrected chi connectivity index (χ0v) is 20.5. The molecule has 0 aliphatic rings. The zero-order chi connectivity index (χ0) is 22.9. The number of nitrogens with one attached hydrogen (secondary N) is 2. The lowest BCUT2D eigenvalue weighted by molar-refractivity contribution is -0.113. The van der Waals surface area contributed by atoms with E-state index in [9.17, 15) is 4.79 Å². The highest BCUT2D eigenvalue weighted by molar-refractivity contribution is 7.99. The number of benzene rings is 2. The monoisotopic (exact) mass is 534 g/mol. The number of hydrogen-bond donors (Lipinski definition) is 2. The molecule has 33 heavy (non-hydrogen) atoms. The average molecular weight is 536 g/mol. The van der Waals surface area contributed by atoms with Crippen molar-refractivity contribution in [3.8, 4) is 0 Å². The van der Waals surface area contributed by atoms with E-state index in [1.54, 1.807) is 24.4 Å². The molecule has 0 aliphatic carbocycles. The standard InChI is InChI=1S/C21H13Cl3N6OS2/c22-11-1-3-15(24)10(5-11)6-13-8-25-20(33-13)27-17(31)9-32-21-28-19-18(29-30-21)14-7-12(23)2-4-16(14)26-19/h1-5,7-8H,6,9H2,(H,25,27,31)(H,26,28,30). The van der Waals surface area contributed by atoms with Crippen molar-refractivity contribution in [1.82, 2.24) is 25.1 Å². The van der Waals surface area contributed by atoms with E-state index >= 15 is 0 Å². The minimum absolute atomic E-state index is 0.119. The highest BCUT2D eigenvalue weighted by Crippen LogP contribution is 2.28. The van der Waals surface area contributed by atoms with Crippen LogP contribution in [0.15, 0.2) is 47.8 Å². The molecule has 3 heterocycles. The van der Waals surface area contributed by atoms with Crippen LogP contribution in [0.4, 0.5) is 5.13 Å². The third-order valence-corrected chi connectivity index (χ3v) is 7.25. The predicted molar refractivity (Wildman–Crippen MR) is 135 cm³/mol. The van der Waals surface area contributed by atoms with E-state index in [-0.39, 0.29) is 11.7 Å². The number of nitrogens with zero attached hydrogens (tertiary/aromatic N) is 4. The summed E-state index contributed by atoms with van der Waals surface area (Å²) in [6.07, 6.45) is 2.30. The minimum Gasteiger partial charge on any atom is -0.338 e. The maximum Gasteiger partial charge on any atom is 0.236 e. The number of aromatic nitrogens is 5. The van der Waals surface area contributed by atoms with Crippen LogP contribution in [0.25, 0.3) is 22.1 Å². The van der Waals surface area contributed by atoms with Gasteiger partial charge in [-0.3, -0.25) is 4.79 Å². The average Bonchev–Trinajstić information content (AvgIpc) is 3.38. The molecule has 0 unspecified atom stereocenters. The molecule has 5 aromatic rings. The normalized spacial score (nSPS) is 11.4. The second kappa shape index (κ2) is 9.44. The fraction of sp³-hybridized carbons (Fsp3) is 0.0952. The van der Waals surface area contributed by atoms with Gasteiger partial charge in [0, 0.05) is 43.5 Å². The first-order chi connectivity index (χ1) is 15.9. The van der Waals surface area contributed by atoms with Crippen molar-refractivity contribution in [2.45, 2.75) is 11.6 Å². The van der Waals surface area contributed by atoms with Crippen LogP contribution in [0.5, 0.6) is 0 Å². The van der Waals surface area contributed by atoms with Gasteiger partial charge in [0.05, 0.1) is 5.75 Å². The molecule has 166 valence electrons. The molecule has 3 aromatic heterocycles. The molecule has 0 atom stereocenters. The first kappa shape index (κ1) is 22.4. The van der Waals surface area contributed by atoms with E-state index in [2.05, 4.69) is 30.5 Å². The van der Waals surface area contributed by atoms with Gasteiger partial charge in [-0.05, 0) is 42.0 Å². The summed E-state index contributed by atoms with van der Waals surface area (Å²) in [5.41, 5.74) is 3.00. The number of thioether (sulfide) groups is 1. The fourth-order valence-corrected chi connectivity index (χ4v) is 5.18. The van der Waals surface area contributed by atoms with Crippen LogP contribution >= 0.6 is 57.9 Å². The van der Waals surface area contributed by atoms with Crippen molar-refractivity contribution in [2.24, 2.45) is 0 Å². The highest BCUT2D eigenvalue weighted by atomic mass is 35.5. The Morgan fingerprint density at radius 1 is 1.09 bits per heavy atom. The summed E-state index contributed by atoms with van der Waals surface area (Å²) in [5, 5.41) is 14.8. The molecule has 2 N–H and O–H groups in total. The highest BCUT2D eigenvalue weighted by Gasteiger charge is 2.13. The van der Waals surface area contributed by atoms with E-state index < -0.39 is 0 Å². The van der Waals surface area contributed by atoms with Crippen LogP contribution in [0, 0.1) is 0 Å². The van der Waals surface area contributed by atoms with Gasteiger partial charge in [-0.2, -0.15) is 0 Å². The molecule has 0 aliphatic heterocycles. The Balaban J connectivity index is 1.21. The maximum absolute atomic E-state index is 12.4. The number of H-pyrrole nitrogens is 1. The van der Waals surface area contributed by atoms with Gasteiger partial charge >= 0.3 is 0 Å². The number of carbonyl (C=O) groups is 1. The Hall–Kier alpha value is -2.43. The number of anilines is 1. The molecule has 0 spiro atoms. The van der Waals surface area contributed by atoms with Gasteiger partial charge < -0.3 is 10.3 Å². The Bertz CT molecular complexity index is 1500. The van der Waals surface area contributed by atoms with Crippen molar-refractivity contribution in [2.75, 3.05) is 11.1 Å². The lowest BCUT2D eigenvalue weighted by Gasteiger charge is -2.03. The molecule has 0 saturated heterocycles. The van der Waals surface area contributed by atoms with E-state index in [1.165, 1.54) is 23.1 Å². The summed E-state index contributed by atoms with van der Waals surface area (Å²) in [4.78, 5) is 25.3. The predicted octanol–water partition coefficient (Wildman–Crippen LogP) is 6.24. The maximum atomic E-state index is 12.4. The third-order valence-electron chi connectivity index (χ3n) is 4.66. The number of thiazole rings is 1. The molecule has 12 heteroatoms. The quantitative estimate of drug-likeness (QED) is 0.250. The molecular formula is C21H13Cl3N6OS2. The summed E-state index contributed by atoms with van der Waals surface area (Å²) in [6.45, 7) is 0. The van der Waals surface area contributed by atoms with Crippen molar-refractivity contribution < 1.29 is 4.79 Å². The van der Waals surface area contributed by atoms with Crippen LogP contribution in [0.1, 0.15) is 10.4 Å². The molecule has 5 rings (SSSR count). The smallest absolute Gasteiger partial charge is 0.236 e. The minimum atomic E-state index is -0.214. The topological polar surface area (TPSA) is 96.5 Å². The number of amides is 1. The number of fused-ring (bicyclic) bond motifs is 3. The molecule has 2 aromatic carbocycles. The van der Waals surface area contributed by atoms with Crippen molar-refractivity contribution in [3.05, 3.63) is 68.1 Å². The van der Waals surface area contributed by atoms with Crippen LogP contribution in [-0.4, -0.2) is 36.8 Å². The third kappa shape index (κ3) is 5.07. The van der Waals surface area contributed by atoms with Gasteiger partial charge in [-0.1, -0.05) is 46.6 Å². The van der Waals surface area contributed by atoms with Gasteiger partial charge in [0.1, 0.15) is 5.52 Å². The molecular weight excluding hydrogens is 523 g/mol. The summed E-state index contributed by atoms with van der Waals surface area (Å²) >= 11 is 20.9. The number of rotatable bonds is 6. The number of aromatic amines is 1. The van der Waals surface area contributed by atoms with Gasteiger partial charge in [0.15, 0.2) is 10.8 Å². The van der Waals surface area contributed by atoms with Gasteiger partial charge in [0.25, 0.3) is 0 Å². The lowest BCUT2D eigenvalue weighted by Crippen LogP contribution is -2.14. The molecule has 7 nitrogen and oxygen atoms in total. The first-order valence-electron chi connectivity index (χ1n) is 9.57. The Morgan fingerprint density at radius 2 is 1.91 bits per heavy atom. The summed E-state index contributed by atoms with van der Waals surface area (Å²) < 4.78 is 0. The Labute approximate surface area is 210 Å². The summed E-state index contributed by atoms with van der Waals surface area (Å²) in [7, 11) is 0. The van der Waals surface area contributed by atoms with E-state index in [1.807, 2.05) is 18.2 Å². The Kier molecular flexibility index (Phi) is 6.40. The molecule has 0 fully saturated rings. The number of carbonyl (C=O) groups excluding carboxylic acids is 1. The largest absolute Gasteiger partial charge is 0.338 e. The SMILES string of the molecule is O=C(CSc1nnc2c(n1)[nH]c1ccc(Cl)cc12)Nc1ncc(Cc2cc(Cl)ccc2Cl)s1.